The third-order valence-corrected chi connectivity index (χ3v) is 3.95. The third kappa shape index (κ3) is 3.03. The smallest absolute Gasteiger partial charge is 0.498 e. The van der Waals surface area contributed by atoms with Crippen LogP contribution in [0.3, 0.4) is 0 Å². The van der Waals surface area contributed by atoms with Crippen LogP contribution < -0.4 is 4.31 Å². The van der Waals surface area contributed by atoms with Crippen LogP contribution >= 0.6 is 0 Å². The molecule has 0 saturated heterocycles. The van der Waals surface area contributed by atoms with E-state index in [0.717, 1.165) is 25.1 Å². The van der Waals surface area contributed by atoms with Crippen molar-refractivity contribution in [3.8, 4) is 6.07 Å². The summed E-state index contributed by atoms with van der Waals surface area (Å²) in [5, 5.41) is 17.7. The molecule has 1 aromatic carbocycles. The maximum atomic E-state index is 13.0. The number of sulfonamides is 1. The molecule has 0 fully saturated rings. The maximum absolute atomic E-state index is 13.0. The molecule has 0 bridgehead atoms. The van der Waals surface area contributed by atoms with E-state index in [0.29, 0.717) is 0 Å². The van der Waals surface area contributed by atoms with Crippen molar-refractivity contribution < 1.29 is 26.7 Å². The van der Waals surface area contributed by atoms with Gasteiger partial charge in [-0.1, -0.05) is 18.2 Å². The summed E-state index contributed by atoms with van der Waals surface area (Å²) < 4.78 is 62.0. The number of nitrogens with zero attached hydrogens (tertiary/aromatic N) is 2. The fraction of sp³-hybridized carbons (Fsp3) is 0.182. The first-order valence-electron chi connectivity index (χ1n) is 5.09. The monoisotopic (exact) mass is 306 g/mol. The fourth-order valence-electron chi connectivity index (χ4n) is 1.40. The van der Waals surface area contributed by atoms with Crippen LogP contribution in [0.25, 0.3) is 0 Å². The van der Waals surface area contributed by atoms with Crippen molar-refractivity contribution >= 4 is 15.7 Å². The van der Waals surface area contributed by atoms with Gasteiger partial charge >= 0.3 is 6.30 Å². The second-order valence-electron chi connectivity index (χ2n) is 3.60. The van der Waals surface area contributed by atoms with E-state index in [2.05, 4.69) is 0 Å². The van der Waals surface area contributed by atoms with Crippen LogP contribution in [0.1, 0.15) is 6.92 Å². The van der Waals surface area contributed by atoms with Gasteiger partial charge in [0, 0.05) is 0 Å². The first kappa shape index (κ1) is 15.8. The van der Waals surface area contributed by atoms with E-state index in [1.807, 2.05) is 0 Å². The summed E-state index contributed by atoms with van der Waals surface area (Å²) in [6.45, 7) is 0.815. The largest absolute Gasteiger partial charge is 0.510 e. The number of anilines is 1. The van der Waals surface area contributed by atoms with Crippen LogP contribution in [-0.2, 0) is 10.0 Å². The molecule has 0 radical (unpaired) electrons. The van der Waals surface area contributed by atoms with Crippen molar-refractivity contribution in [1.82, 2.24) is 0 Å². The van der Waals surface area contributed by atoms with E-state index in [1.54, 1.807) is 0 Å². The molecule has 0 aliphatic rings. The van der Waals surface area contributed by atoms with E-state index >= 15 is 0 Å². The number of rotatable bonds is 3. The Hall–Kier alpha value is -2.21. The van der Waals surface area contributed by atoms with Gasteiger partial charge in [0.1, 0.15) is 11.8 Å². The Morgan fingerprint density at radius 1 is 1.30 bits per heavy atom. The number of allylic oxidation sites excluding steroid dienone is 2. The Balaban J connectivity index is 3.58. The minimum absolute atomic E-state index is 0.686. The number of alkyl halides is 3. The lowest BCUT2D eigenvalue weighted by atomic mass is 10.3. The number of nitriles is 1. The standard InChI is InChI=1S/C11H9F3N2O3S/c1-8(17)10(7-15)20(18,19)16(11(12,13)14)9-5-3-2-4-6-9/h2-6,17H,1H3. The van der Waals surface area contributed by atoms with E-state index in [9.17, 15) is 21.6 Å². The molecule has 0 saturated carbocycles. The van der Waals surface area contributed by atoms with E-state index in [1.165, 1.54) is 18.2 Å². The highest BCUT2D eigenvalue weighted by molar-refractivity contribution is 7.96. The molecule has 9 heteroatoms. The highest BCUT2D eigenvalue weighted by Gasteiger charge is 2.48. The van der Waals surface area contributed by atoms with E-state index < -0.39 is 37.0 Å². The summed E-state index contributed by atoms with van der Waals surface area (Å²) in [6, 6.07) is 6.74. The molecule has 0 heterocycles. The average molecular weight is 306 g/mol. The van der Waals surface area contributed by atoms with Crippen molar-refractivity contribution in [3.05, 3.63) is 41.0 Å². The second-order valence-corrected chi connectivity index (χ2v) is 5.32. The molecule has 1 rings (SSSR count). The van der Waals surface area contributed by atoms with Gasteiger partial charge < -0.3 is 5.11 Å². The van der Waals surface area contributed by atoms with E-state index in [4.69, 9.17) is 10.4 Å². The molecule has 0 unspecified atom stereocenters. The van der Waals surface area contributed by atoms with Gasteiger partial charge in [-0.3, -0.25) is 0 Å². The first-order chi connectivity index (χ1) is 9.12. The molecule has 108 valence electrons. The minimum atomic E-state index is -5.28. The van der Waals surface area contributed by atoms with Crippen molar-refractivity contribution in [2.24, 2.45) is 0 Å². The lowest BCUT2D eigenvalue weighted by Crippen LogP contribution is -2.43. The Morgan fingerprint density at radius 3 is 2.15 bits per heavy atom. The first-order valence-corrected chi connectivity index (χ1v) is 6.53. The molecule has 5 nitrogen and oxygen atoms in total. The van der Waals surface area contributed by atoms with Gasteiger partial charge in [0.2, 0.25) is 4.91 Å². The number of benzene rings is 1. The lowest BCUT2D eigenvalue weighted by molar-refractivity contribution is -0.115. The zero-order chi connectivity index (χ0) is 15.6. The summed E-state index contributed by atoms with van der Waals surface area (Å²) in [7, 11) is -5.25. The van der Waals surface area contributed by atoms with Gasteiger partial charge in [0.15, 0.2) is 0 Å². The van der Waals surface area contributed by atoms with E-state index in [-0.39, 0.29) is 0 Å². The normalized spacial score (nSPS) is 13.3. The van der Waals surface area contributed by atoms with Crippen LogP contribution in [0.2, 0.25) is 0 Å². The third-order valence-electron chi connectivity index (χ3n) is 2.15. The minimum Gasteiger partial charge on any atom is -0.510 e. The fourth-order valence-corrected chi connectivity index (χ4v) is 2.74. The molecular formula is C11H9F3N2O3S. The highest BCUT2D eigenvalue weighted by Crippen LogP contribution is 2.34. The molecule has 0 aromatic heterocycles. The van der Waals surface area contributed by atoms with Crippen LogP contribution in [-0.4, -0.2) is 19.8 Å². The van der Waals surface area contributed by atoms with Gasteiger partial charge in [-0.2, -0.15) is 18.0 Å². The summed E-state index contributed by atoms with van der Waals surface area (Å²) in [5.41, 5.74) is -0.686. The summed E-state index contributed by atoms with van der Waals surface area (Å²) in [5.74, 6) is -1.02. The second kappa shape index (κ2) is 5.42. The predicted molar refractivity (Wildman–Crippen MR) is 64.8 cm³/mol. The molecule has 0 amide bonds. The molecule has 0 spiro atoms. The number of hydrogen-bond donors (Lipinski definition) is 1. The Labute approximate surface area is 113 Å². The van der Waals surface area contributed by atoms with Crippen molar-refractivity contribution in [2.45, 2.75) is 13.2 Å². The van der Waals surface area contributed by atoms with Crippen molar-refractivity contribution in [2.75, 3.05) is 4.31 Å². The Bertz CT molecular complexity index is 656. The number of para-hydroxylation sites is 1. The number of aliphatic hydroxyl groups is 1. The molecule has 1 aromatic rings. The molecule has 1 N–H and O–H groups in total. The predicted octanol–water partition coefficient (Wildman–Crippen LogP) is 2.66. The molecule has 20 heavy (non-hydrogen) atoms. The van der Waals surface area contributed by atoms with Crippen molar-refractivity contribution in [3.63, 3.8) is 0 Å². The summed E-state index contributed by atoms with van der Waals surface area (Å²) >= 11 is 0. The summed E-state index contributed by atoms with van der Waals surface area (Å²) in [6.07, 6.45) is -5.28. The number of hydrogen-bond acceptors (Lipinski definition) is 4. The molecular weight excluding hydrogens is 297 g/mol. The SMILES string of the molecule is CC(O)=C(C#N)S(=O)(=O)N(c1ccccc1)C(F)(F)F. The van der Waals surface area contributed by atoms with Gasteiger partial charge in [-0.15, -0.1) is 13.2 Å². The van der Waals surface area contributed by atoms with Gasteiger partial charge in [-0.05, 0) is 19.1 Å². The van der Waals surface area contributed by atoms with Crippen molar-refractivity contribution in [1.29, 1.82) is 5.26 Å². The maximum Gasteiger partial charge on any atom is 0.498 e. The van der Waals surface area contributed by atoms with Crippen LogP contribution in [0, 0.1) is 11.3 Å². The van der Waals surface area contributed by atoms with Crippen LogP contribution in [0.15, 0.2) is 41.0 Å². The van der Waals surface area contributed by atoms with Gasteiger partial charge in [0.25, 0.3) is 10.0 Å². The van der Waals surface area contributed by atoms with Gasteiger partial charge in [0.05, 0.1) is 5.69 Å². The molecule has 0 atom stereocenters. The highest BCUT2D eigenvalue weighted by atomic mass is 32.2. The molecule has 0 aliphatic carbocycles. The van der Waals surface area contributed by atoms with Crippen LogP contribution in [0.4, 0.5) is 18.9 Å². The number of aliphatic hydroxyl groups excluding tert-OH is 1. The average Bonchev–Trinajstić information content (AvgIpc) is 2.27. The van der Waals surface area contributed by atoms with Crippen LogP contribution in [0.5, 0.6) is 0 Å². The topological polar surface area (TPSA) is 81.4 Å². The zero-order valence-electron chi connectivity index (χ0n) is 10.1. The summed E-state index contributed by atoms with van der Waals surface area (Å²) in [4.78, 5) is -1.36. The van der Waals surface area contributed by atoms with Gasteiger partial charge in [-0.25, -0.2) is 0 Å². The Kier molecular flexibility index (Phi) is 4.29. The quantitative estimate of drug-likeness (QED) is 0.529. The Morgan fingerprint density at radius 2 is 1.80 bits per heavy atom. The number of halogens is 3. The molecule has 0 aliphatic heterocycles. The lowest BCUT2D eigenvalue weighted by Gasteiger charge is -2.25. The zero-order valence-corrected chi connectivity index (χ0v) is 10.9.